The number of aromatic nitrogens is 2. The lowest BCUT2D eigenvalue weighted by Gasteiger charge is -2.26. The Morgan fingerprint density at radius 3 is 2.42 bits per heavy atom. The van der Waals surface area contributed by atoms with Gasteiger partial charge in [0.15, 0.2) is 0 Å². The van der Waals surface area contributed by atoms with Crippen LogP contribution in [0, 0.1) is 13.8 Å². The molecule has 0 aliphatic carbocycles. The third-order valence-electron chi connectivity index (χ3n) is 3.31. The van der Waals surface area contributed by atoms with Gasteiger partial charge in [-0.2, -0.15) is 5.10 Å². The van der Waals surface area contributed by atoms with E-state index >= 15 is 0 Å². The van der Waals surface area contributed by atoms with Gasteiger partial charge in [-0.3, -0.25) is 9.58 Å². The fraction of sp³-hybridized carbons (Fsp3) is 0.769. The maximum atomic E-state index is 12.6. The molecular formula is C13H23F2N3O. The number of aryl methyl sites for hydroxylation is 1. The normalized spacial score (nSPS) is 12.1. The molecule has 0 fully saturated rings. The molecule has 0 saturated carbocycles. The highest BCUT2D eigenvalue weighted by Crippen LogP contribution is 2.18. The van der Waals surface area contributed by atoms with E-state index in [2.05, 4.69) is 5.10 Å². The standard InChI is InChI=1S/C13H23F2N3O/c1-9(2)17(8-13(14)15)7-12-10(3)16-18(5-6-19)11(12)4/h9,13,19H,5-8H2,1-4H3. The molecule has 4 nitrogen and oxygen atoms in total. The van der Waals surface area contributed by atoms with Crippen molar-refractivity contribution >= 4 is 0 Å². The summed E-state index contributed by atoms with van der Waals surface area (Å²) in [5, 5.41) is 13.3. The van der Waals surface area contributed by atoms with Crippen LogP contribution in [0.5, 0.6) is 0 Å². The zero-order valence-electron chi connectivity index (χ0n) is 12.0. The molecule has 0 radical (unpaired) electrons. The van der Waals surface area contributed by atoms with Crippen LogP contribution in [-0.2, 0) is 13.1 Å². The van der Waals surface area contributed by atoms with Crippen LogP contribution >= 0.6 is 0 Å². The second-order valence-corrected chi connectivity index (χ2v) is 5.01. The van der Waals surface area contributed by atoms with Crippen LogP contribution in [0.4, 0.5) is 8.78 Å². The van der Waals surface area contributed by atoms with E-state index in [-0.39, 0.29) is 19.2 Å². The average Bonchev–Trinajstić information content (AvgIpc) is 2.55. The van der Waals surface area contributed by atoms with Crippen LogP contribution in [0.3, 0.4) is 0 Å². The molecule has 0 aliphatic heterocycles. The fourth-order valence-electron chi connectivity index (χ4n) is 2.11. The summed E-state index contributed by atoms with van der Waals surface area (Å²) < 4.78 is 26.9. The molecule has 1 N–H and O–H groups in total. The average molecular weight is 275 g/mol. The lowest BCUT2D eigenvalue weighted by atomic mass is 10.1. The van der Waals surface area contributed by atoms with Crippen molar-refractivity contribution < 1.29 is 13.9 Å². The van der Waals surface area contributed by atoms with Crippen molar-refractivity contribution in [2.45, 2.75) is 53.3 Å². The number of halogens is 2. The zero-order valence-corrected chi connectivity index (χ0v) is 12.0. The summed E-state index contributed by atoms with van der Waals surface area (Å²) in [5.74, 6) is 0. The minimum atomic E-state index is -2.34. The Kier molecular flexibility index (Phi) is 5.87. The van der Waals surface area contributed by atoms with Gasteiger partial charge in [-0.1, -0.05) is 0 Å². The number of aliphatic hydroxyl groups excluding tert-OH is 1. The summed E-state index contributed by atoms with van der Waals surface area (Å²) >= 11 is 0. The summed E-state index contributed by atoms with van der Waals surface area (Å²) in [6.07, 6.45) is -2.34. The van der Waals surface area contributed by atoms with Crippen LogP contribution in [-0.4, -0.2) is 45.4 Å². The third kappa shape index (κ3) is 4.24. The monoisotopic (exact) mass is 275 g/mol. The van der Waals surface area contributed by atoms with E-state index in [1.807, 2.05) is 27.7 Å². The number of hydrogen-bond donors (Lipinski definition) is 1. The molecule has 1 rings (SSSR count). The Hall–Kier alpha value is -1.01. The van der Waals surface area contributed by atoms with Gasteiger partial charge < -0.3 is 5.11 Å². The first kappa shape index (κ1) is 16.0. The van der Waals surface area contributed by atoms with Crippen molar-refractivity contribution in [3.05, 3.63) is 17.0 Å². The number of aliphatic hydroxyl groups is 1. The van der Waals surface area contributed by atoms with Crippen LogP contribution in [0.15, 0.2) is 0 Å². The first-order valence-corrected chi connectivity index (χ1v) is 6.52. The van der Waals surface area contributed by atoms with Crippen LogP contribution in [0.2, 0.25) is 0 Å². The summed E-state index contributed by atoms with van der Waals surface area (Å²) in [6.45, 7) is 8.28. The smallest absolute Gasteiger partial charge is 0.251 e. The van der Waals surface area contributed by atoms with Crippen molar-refractivity contribution in [1.29, 1.82) is 0 Å². The molecule has 0 amide bonds. The lowest BCUT2D eigenvalue weighted by molar-refractivity contribution is 0.0687. The second kappa shape index (κ2) is 6.96. The van der Waals surface area contributed by atoms with E-state index in [0.717, 1.165) is 17.0 Å². The van der Waals surface area contributed by atoms with Crippen molar-refractivity contribution in [2.75, 3.05) is 13.2 Å². The molecule has 0 spiro atoms. The highest BCUT2D eigenvalue weighted by atomic mass is 19.3. The molecule has 1 aromatic rings. The second-order valence-electron chi connectivity index (χ2n) is 5.01. The Labute approximate surface area is 113 Å². The zero-order chi connectivity index (χ0) is 14.6. The van der Waals surface area contributed by atoms with Crippen molar-refractivity contribution in [3.63, 3.8) is 0 Å². The van der Waals surface area contributed by atoms with Gasteiger partial charge in [0.2, 0.25) is 0 Å². The topological polar surface area (TPSA) is 41.3 Å². The van der Waals surface area contributed by atoms with Crippen LogP contribution < -0.4 is 0 Å². The van der Waals surface area contributed by atoms with E-state index < -0.39 is 6.43 Å². The molecule has 19 heavy (non-hydrogen) atoms. The van der Waals surface area contributed by atoms with E-state index in [1.165, 1.54) is 0 Å². The first-order valence-electron chi connectivity index (χ1n) is 6.52. The van der Waals surface area contributed by atoms with Gasteiger partial charge in [0.1, 0.15) is 0 Å². The van der Waals surface area contributed by atoms with E-state index in [4.69, 9.17) is 5.11 Å². The summed E-state index contributed by atoms with van der Waals surface area (Å²) in [7, 11) is 0. The minimum absolute atomic E-state index is 0.0202. The molecule has 110 valence electrons. The van der Waals surface area contributed by atoms with Gasteiger partial charge >= 0.3 is 0 Å². The maximum absolute atomic E-state index is 12.6. The number of alkyl halides is 2. The van der Waals surface area contributed by atoms with Gasteiger partial charge in [-0.15, -0.1) is 0 Å². The SMILES string of the molecule is Cc1nn(CCO)c(C)c1CN(CC(F)F)C(C)C. The minimum Gasteiger partial charge on any atom is -0.394 e. The van der Waals surface area contributed by atoms with E-state index in [9.17, 15) is 8.78 Å². The molecule has 0 saturated heterocycles. The van der Waals surface area contributed by atoms with Crippen molar-refractivity contribution in [1.82, 2.24) is 14.7 Å². The summed E-state index contributed by atoms with van der Waals surface area (Å²) in [5.41, 5.74) is 2.75. The predicted molar refractivity (Wildman–Crippen MR) is 70.3 cm³/mol. The molecular weight excluding hydrogens is 252 g/mol. The van der Waals surface area contributed by atoms with Crippen molar-refractivity contribution in [3.8, 4) is 0 Å². The predicted octanol–water partition coefficient (Wildman–Crippen LogP) is 1.97. The summed E-state index contributed by atoms with van der Waals surface area (Å²) in [6, 6.07) is 0.0500. The number of nitrogens with zero attached hydrogens (tertiary/aromatic N) is 3. The quantitative estimate of drug-likeness (QED) is 0.827. The lowest BCUT2D eigenvalue weighted by Crippen LogP contribution is -2.34. The van der Waals surface area contributed by atoms with Crippen molar-refractivity contribution in [2.24, 2.45) is 0 Å². The van der Waals surface area contributed by atoms with E-state index in [1.54, 1.807) is 9.58 Å². The molecule has 0 atom stereocenters. The Morgan fingerprint density at radius 1 is 1.32 bits per heavy atom. The fourth-order valence-corrected chi connectivity index (χ4v) is 2.11. The van der Waals surface area contributed by atoms with E-state index in [0.29, 0.717) is 13.1 Å². The van der Waals surface area contributed by atoms with Crippen LogP contribution in [0.25, 0.3) is 0 Å². The first-order chi connectivity index (χ1) is 8.86. The summed E-state index contributed by atoms with van der Waals surface area (Å²) in [4.78, 5) is 1.74. The Balaban J connectivity index is 2.90. The highest BCUT2D eigenvalue weighted by molar-refractivity contribution is 5.24. The Bertz CT molecular complexity index is 405. The highest BCUT2D eigenvalue weighted by Gasteiger charge is 2.19. The largest absolute Gasteiger partial charge is 0.394 e. The van der Waals surface area contributed by atoms with Gasteiger partial charge in [0.25, 0.3) is 6.43 Å². The molecule has 0 aromatic carbocycles. The molecule has 6 heteroatoms. The van der Waals surface area contributed by atoms with Gasteiger partial charge in [-0.25, -0.2) is 8.78 Å². The van der Waals surface area contributed by atoms with Gasteiger partial charge in [-0.05, 0) is 27.7 Å². The molecule has 1 heterocycles. The maximum Gasteiger partial charge on any atom is 0.251 e. The molecule has 0 aliphatic rings. The Morgan fingerprint density at radius 2 is 1.95 bits per heavy atom. The molecule has 0 unspecified atom stereocenters. The number of rotatable bonds is 7. The molecule has 0 bridgehead atoms. The van der Waals surface area contributed by atoms with Gasteiger partial charge in [0.05, 0.1) is 25.4 Å². The van der Waals surface area contributed by atoms with Gasteiger partial charge in [0, 0.05) is 23.8 Å². The third-order valence-corrected chi connectivity index (χ3v) is 3.31. The number of hydrogen-bond acceptors (Lipinski definition) is 3. The molecule has 1 aromatic heterocycles. The van der Waals surface area contributed by atoms with Crippen LogP contribution in [0.1, 0.15) is 30.8 Å².